The SMILES string of the molecule is CCC1CCC(OC(C)=O)CC1.[Li]. The van der Waals surface area contributed by atoms with E-state index in [4.69, 9.17) is 4.74 Å². The Morgan fingerprint density at radius 3 is 2.23 bits per heavy atom. The van der Waals surface area contributed by atoms with Crippen LogP contribution < -0.4 is 0 Å². The van der Waals surface area contributed by atoms with Crippen LogP contribution in [0.5, 0.6) is 0 Å². The molecule has 0 aromatic carbocycles. The molecule has 0 amide bonds. The molecule has 1 rings (SSSR count). The Balaban J connectivity index is 0.00000144. The summed E-state index contributed by atoms with van der Waals surface area (Å²) < 4.78 is 5.15. The van der Waals surface area contributed by atoms with Gasteiger partial charge in [-0.05, 0) is 31.6 Å². The molecule has 1 saturated carbocycles. The molecule has 0 heterocycles. The molecule has 0 saturated heterocycles. The van der Waals surface area contributed by atoms with Crippen molar-refractivity contribution >= 4 is 24.8 Å². The molecule has 71 valence electrons. The van der Waals surface area contributed by atoms with Crippen LogP contribution in [0.3, 0.4) is 0 Å². The number of ether oxygens (including phenoxy) is 1. The van der Waals surface area contributed by atoms with Gasteiger partial charge in [0.2, 0.25) is 0 Å². The molecule has 0 bridgehead atoms. The van der Waals surface area contributed by atoms with E-state index in [2.05, 4.69) is 6.92 Å². The Labute approximate surface area is 92.6 Å². The number of hydrogen-bond donors (Lipinski definition) is 0. The van der Waals surface area contributed by atoms with Gasteiger partial charge in [0, 0.05) is 25.8 Å². The number of rotatable bonds is 2. The van der Waals surface area contributed by atoms with E-state index < -0.39 is 0 Å². The first-order valence-corrected chi connectivity index (χ1v) is 4.89. The maximum Gasteiger partial charge on any atom is 0.302 e. The Morgan fingerprint density at radius 1 is 1.31 bits per heavy atom. The summed E-state index contributed by atoms with van der Waals surface area (Å²) in [7, 11) is 0. The Morgan fingerprint density at radius 2 is 1.85 bits per heavy atom. The smallest absolute Gasteiger partial charge is 0.302 e. The maximum absolute atomic E-state index is 10.6. The van der Waals surface area contributed by atoms with Crippen molar-refractivity contribution in [3.05, 3.63) is 0 Å². The van der Waals surface area contributed by atoms with E-state index >= 15 is 0 Å². The molecule has 1 fully saturated rings. The molecule has 0 aromatic heterocycles. The Bertz CT molecular complexity index is 151. The van der Waals surface area contributed by atoms with Crippen LogP contribution in [0, 0.1) is 5.92 Å². The van der Waals surface area contributed by atoms with E-state index in [1.54, 1.807) is 0 Å². The fraction of sp³-hybridized carbons (Fsp3) is 0.900. The van der Waals surface area contributed by atoms with Crippen LogP contribution in [0.4, 0.5) is 0 Å². The first-order chi connectivity index (χ1) is 5.72. The van der Waals surface area contributed by atoms with Crippen molar-refractivity contribution in [2.24, 2.45) is 5.92 Å². The zero-order valence-corrected chi connectivity index (χ0v) is 9.01. The third kappa shape index (κ3) is 4.74. The van der Waals surface area contributed by atoms with Gasteiger partial charge in [-0.1, -0.05) is 13.3 Å². The van der Waals surface area contributed by atoms with Gasteiger partial charge in [0.25, 0.3) is 0 Å². The van der Waals surface area contributed by atoms with Crippen LogP contribution in [-0.2, 0) is 9.53 Å². The van der Waals surface area contributed by atoms with Crippen molar-refractivity contribution in [1.29, 1.82) is 0 Å². The van der Waals surface area contributed by atoms with Crippen molar-refractivity contribution < 1.29 is 9.53 Å². The van der Waals surface area contributed by atoms with Crippen molar-refractivity contribution in [2.45, 2.75) is 52.1 Å². The van der Waals surface area contributed by atoms with Crippen LogP contribution in [0.15, 0.2) is 0 Å². The topological polar surface area (TPSA) is 26.3 Å². The molecular formula is C10H18LiO2. The first-order valence-electron chi connectivity index (χ1n) is 4.89. The van der Waals surface area contributed by atoms with E-state index in [0.717, 1.165) is 18.8 Å². The molecule has 2 nitrogen and oxygen atoms in total. The molecule has 0 spiro atoms. The Hall–Kier alpha value is 0.0674. The van der Waals surface area contributed by atoms with Gasteiger partial charge in [0.05, 0.1) is 0 Å². The van der Waals surface area contributed by atoms with Gasteiger partial charge in [-0.3, -0.25) is 4.79 Å². The van der Waals surface area contributed by atoms with E-state index in [1.807, 2.05) is 0 Å². The standard InChI is InChI=1S/C10H18O2.Li/c1-3-9-4-6-10(7-5-9)12-8(2)11;/h9-10H,3-7H2,1-2H3;. The summed E-state index contributed by atoms with van der Waals surface area (Å²) in [6.07, 6.45) is 6.08. The number of carbonyl (C=O) groups excluding carboxylic acids is 1. The first kappa shape index (κ1) is 13.1. The van der Waals surface area contributed by atoms with Crippen LogP contribution >= 0.6 is 0 Å². The largest absolute Gasteiger partial charge is 0.463 e. The van der Waals surface area contributed by atoms with E-state index in [-0.39, 0.29) is 30.9 Å². The average molecular weight is 177 g/mol. The quantitative estimate of drug-likeness (QED) is 0.477. The summed E-state index contributed by atoms with van der Waals surface area (Å²) in [4.78, 5) is 10.6. The fourth-order valence-electron chi connectivity index (χ4n) is 1.89. The molecule has 1 radical (unpaired) electrons. The molecule has 0 N–H and O–H groups in total. The van der Waals surface area contributed by atoms with Crippen LogP contribution in [-0.4, -0.2) is 30.9 Å². The van der Waals surface area contributed by atoms with Gasteiger partial charge in [-0.25, -0.2) is 0 Å². The van der Waals surface area contributed by atoms with Crippen molar-refractivity contribution in [3.8, 4) is 0 Å². The molecule has 13 heavy (non-hydrogen) atoms. The minimum atomic E-state index is -0.130. The van der Waals surface area contributed by atoms with Gasteiger partial charge in [-0.15, -0.1) is 0 Å². The average Bonchev–Trinajstić information content (AvgIpc) is 2.05. The van der Waals surface area contributed by atoms with E-state index in [9.17, 15) is 4.79 Å². The van der Waals surface area contributed by atoms with Gasteiger partial charge in [0.15, 0.2) is 0 Å². The minimum Gasteiger partial charge on any atom is -0.463 e. The number of hydrogen-bond acceptors (Lipinski definition) is 2. The minimum absolute atomic E-state index is 0. The second-order valence-electron chi connectivity index (χ2n) is 3.66. The van der Waals surface area contributed by atoms with Crippen molar-refractivity contribution in [2.75, 3.05) is 0 Å². The normalized spacial score (nSPS) is 27.5. The van der Waals surface area contributed by atoms with Gasteiger partial charge < -0.3 is 4.74 Å². The predicted octanol–water partition coefficient (Wildman–Crippen LogP) is 2.14. The van der Waals surface area contributed by atoms with E-state index in [1.165, 1.54) is 26.2 Å². The molecule has 0 atom stereocenters. The molecular weight excluding hydrogens is 159 g/mol. The summed E-state index contributed by atoms with van der Waals surface area (Å²) in [5.74, 6) is 0.742. The third-order valence-corrected chi connectivity index (χ3v) is 2.70. The van der Waals surface area contributed by atoms with Crippen molar-refractivity contribution in [3.63, 3.8) is 0 Å². The monoisotopic (exact) mass is 177 g/mol. The Kier molecular flexibility index (Phi) is 6.54. The summed E-state index contributed by atoms with van der Waals surface area (Å²) in [6.45, 7) is 3.72. The third-order valence-electron chi connectivity index (χ3n) is 2.70. The second kappa shape index (κ2) is 6.51. The summed E-state index contributed by atoms with van der Waals surface area (Å²) in [6, 6.07) is 0. The van der Waals surface area contributed by atoms with Gasteiger partial charge in [-0.2, -0.15) is 0 Å². The predicted molar refractivity (Wildman–Crippen MR) is 53.6 cm³/mol. The second-order valence-corrected chi connectivity index (χ2v) is 3.66. The van der Waals surface area contributed by atoms with Crippen molar-refractivity contribution in [1.82, 2.24) is 0 Å². The maximum atomic E-state index is 10.6. The molecule has 0 aromatic rings. The molecule has 1 aliphatic carbocycles. The van der Waals surface area contributed by atoms with Gasteiger partial charge >= 0.3 is 5.97 Å². The molecule has 0 unspecified atom stereocenters. The molecule has 0 aliphatic heterocycles. The van der Waals surface area contributed by atoms with E-state index in [0.29, 0.717) is 0 Å². The van der Waals surface area contributed by atoms with Crippen LogP contribution in [0.1, 0.15) is 46.0 Å². The molecule has 1 aliphatic rings. The van der Waals surface area contributed by atoms with Crippen LogP contribution in [0.2, 0.25) is 0 Å². The fourth-order valence-corrected chi connectivity index (χ4v) is 1.89. The summed E-state index contributed by atoms with van der Waals surface area (Å²) in [5, 5.41) is 0. The zero-order chi connectivity index (χ0) is 8.97. The van der Waals surface area contributed by atoms with Crippen LogP contribution in [0.25, 0.3) is 0 Å². The summed E-state index contributed by atoms with van der Waals surface area (Å²) >= 11 is 0. The van der Waals surface area contributed by atoms with Gasteiger partial charge in [0.1, 0.15) is 6.10 Å². The zero-order valence-electron chi connectivity index (χ0n) is 9.01. The molecule has 3 heteroatoms. The number of esters is 1. The number of carbonyl (C=O) groups is 1. The summed E-state index contributed by atoms with van der Waals surface area (Å²) in [5.41, 5.74) is 0.